The molecule has 29 heavy (non-hydrogen) atoms. The summed E-state index contributed by atoms with van der Waals surface area (Å²) in [4.78, 5) is 26.8. The van der Waals surface area contributed by atoms with E-state index in [-0.39, 0.29) is 12.5 Å². The Morgan fingerprint density at radius 2 is 1.97 bits per heavy atom. The van der Waals surface area contributed by atoms with Gasteiger partial charge in [0.15, 0.2) is 0 Å². The molecule has 0 aromatic heterocycles. The van der Waals surface area contributed by atoms with E-state index in [1.807, 2.05) is 31.2 Å². The maximum Gasteiger partial charge on any atom is 0.266 e. The Balaban J connectivity index is 1.67. The van der Waals surface area contributed by atoms with Gasteiger partial charge in [0.05, 0.1) is 22.2 Å². The zero-order valence-electron chi connectivity index (χ0n) is 15.3. The van der Waals surface area contributed by atoms with Crippen molar-refractivity contribution in [2.75, 3.05) is 18.5 Å². The van der Waals surface area contributed by atoms with Gasteiger partial charge in [0.25, 0.3) is 5.91 Å². The average Bonchev–Trinajstić information content (AvgIpc) is 2.93. The molecule has 0 bridgehead atoms. The number of rotatable bonds is 6. The molecule has 2 amide bonds. The summed E-state index contributed by atoms with van der Waals surface area (Å²) in [5.74, 6) is 0.0359. The number of amides is 2. The quantitative estimate of drug-likeness (QED) is 0.466. The van der Waals surface area contributed by atoms with Crippen molar-refractivity contribution in [3.63, 3.8) is 0 Å². The van der Waals surface area contributed by atoms with E-state index in [1.54, 1.807) is 18.2 Å². The third-order valence-electron chi connectivity index (χ3n) is 3.87. The largest absolute Gasteiger partial charge is 0.494 e. The number of hydrogen-bond donors (Lipinski definition) is 1. The predicted octanol–water partition coefficient (Wildman–Crippen LogP) is 5.23. The number of ether oxygens (including phenoxy) is 1. The van der Waals surface area contributed by atoms with Gasteiger partial charge in [-0.15, -0.1) is 0 Å². The molecule has 150 valence electrons. The maximum absolute atomic E-state index is 12.7. The van der Waals surface area contributed by atoms with Crippen LogP contribution >= 0.6 is 47.2 Å². The summed E-state index contributed by atoms with van der Waals surface area (Å²) in [6, 6.07) is 12.1. The lowest BCUT2D eigenvalue weighted by molar-refractivity contribution is -0.126. The van der Waals surface area contributed by atoms with Crippen molar-refractivity contribution in [3.8, 4) is 5.75 Å². The Kier molecular flexibility index (Phi) is 7.18. The summed E-state index contributed by atoms with van der Waals surface area (Å²) in [6.07, 6.45) is 1.74. The van der Waals surface area contributed by atoms with E-state index in [0.29, 0.717) is 31.6 Å². The first-order valence-corrected chi connectivity index (χ1v) is 10.6. The standard InChI is InChI=1S/C20H16Cl2N2O3S2/c1-2-27-14-6-3-12(4-7-14)9-17-19(26)24(20(28)29-17)11-18(25)23-16-8-5-13(21)10-15(16)22/h3-10H,2,11H2,1H3,(H,23,25)/b17-9-. The molecule has 2 aromatic carbocycles. The Morgan fingerprint density at radius 1 is 1.24 bits per heavy atom. The number of thiocarbonyl (C=S) groups is 1. The Morgan fingerprint density at radius 3 is 2.62 bits per heavy atom. The molecule has 1 fully saturated rings. The number of halogens is 2. The molecule has 1 aliphatic heterocycles. The number of nitrogens with one attached hydrogen (secondary N) is 1. The zero-order chi connectivity index (χ0) is 21.0. The maximum atomic E-state index is 12.7. The van der Waals surface area contributed by atoms with Crippen LogP contribution in [0.3, 0.4) is 0 Å². The molecule has 2 aromatic rings. The minimum Gasteiger partial charge on any atom is -0.494 e. The lowest BCUT2D eigenvalue weighted by Gasteiger charge is -2.14. The first-order valence-electron chi connectivity index (χ1n) is 8.60. The summed E-state index contributed by atoms with van der Waals surface area (Å²) in [7, 11) is 0. The Bertz CT molecular complexity index is 994. The second-order valence-corrected chi connectivity index (χ2v) is 8.46. The van der Waals surface area contributed by atoms with Crippen molar-refractivity contribution in [3.05, 3.63) is 63.0 Å². The molecule has 3 rings (SSSR count). The Labute approximate surface area is 188 Å². The lowest BCUT2D eigenvalue weighted by Crippen LogP contribution is -2.36. The van der Waals surface area contributed by atoms with Crippen molar-refractivity contribution in [2.24, 2.45) is 0 Å². The van der Waals surface area contributed by atoms with Crippen molar-refractivity contribution >= 4 is 75.1 Å². The van der Waals surface area contributed by atoms with Gasteiger partial charge in [0, 0.05) is 5.02 Å². The molecular formula is C20H16Cl2N2O3S2. The smallest absolute Gasteiger partial charge is 0.266 e. The van der Waals surface area contributed by atoms with Gasteiger partial charge < -0.3 is 10.1 Å². The Hall–Kier alpha value is -2.06. The van der Waals surface area contributed by atoms with E-state index in [2.05, 4.69) is 5.32 Å². The van der Waals surface area contributed by atoms with Gasteiger partial charge in [-0.1, -0.05) is 59.3 Å². The summed E-state index contributed by atoms with van der Waals surface area (Å²) in [6.45, 7) is 2.29. The SMILES string of the molecule is CCOc1ccc(/C=C2\SC(=S)N(CC(=O)Nc3ccc(Cl)cc3Cl)C2=O)cc1. The average molecular weight is 467 g/mol. The highest BCUT2D eigenvalue weighted by Gasteiger charge is 2.33. The third-order valence-corrected chi connectivity index (χ3v) is 5.79. The van der Waals surface area contributed by atoms with Crippen LogP contribution < -0.4 is 10.1 Å². The van der Waals surface area contributed by atoms with Gasteiger partial charge in [-0.3, -0.25) is 14.5 Å². The van der Waals surface area contributed by atoms with Crippen molar-refractivity contribution < 1.29 is 14.3 Å². The minimum absolute atomic E-state index is 0.204. The van der Waals surface area contributed by atoms with Crippen molar-refractivity contribution in [2.45, 2.75) is 6.92 Å². The van der Waals surface area contributed by atoms with Gasteiger partial charge in [-0.05, 0) is 48.9 Å². The van der Waals surface area contributed by atoms with Gasteiger partial charge in [-0.25, -0.2) is 0 Å². The normalized spacial score (nSPS) is 15.1. The number of carbonyl (C=O) groups excluding carboxylic acids is 2. The van der Waals surface area contributed by atoms with Gasteiger partial charge in [0.1, 0.15) is 16.6 Å². The fourth-order valence-electron chi connectivity index (χ4n) is 2.54. The molecule has 1 N–H and O–H groups in total. The summed E-state index contributed by atoms with van der Waals surface area (Å²) >= 11 is 18.4. The van der Waals surface area contributed by atoms with Crippen molar-refractivity contribution in [1.82, 2.24) is 4.90 Å². The van der Waals surface area contributed by atoms with Crippen LogP contribution in [0, 0.1) is 0 Å². The first-order chi connectivity index (χ1) is 13.9. The molecular weight excluding hydrogens is 451 g/mol. The van der Waals surface area contributed by atoms with E-state index < -0.39 is 5.91 Å². The molecule has 0 radical (unpaired) electrons. The fourth-order valence-corrected chi connectivity index (χ4v) is 4.25. The molecule has 0 atom stereocenters. The zero-order valence-corrected chi connectivity index (χ0v) is 18.4. The van der Waals surface area contributed by atoms with E-state index in [1.165, 1.54) is 11.0 Å². The molecule has 0 saturated carbocycles. The van der Waals surface area contributed by atoms with Crippen LogP contribution in [0.4, 0.5) is 5.69 Å². The van der Waals surface area contributed by atoms with E-state index in [0.717, 1.165) is 23.1 Å². The summed E-state index contributed by atoms with van der Waals surface area (Å²) in [5.41, 5.74) is 1.25. The molecule has 9 heteroatoms. The molecule has 5 nitrogen and oxygen atoms in total. The minimum atomic E-state index is -0.409. The van der Waals surface area contributed by atoms with Gasteiger partial charge >= 0.3 is 0 Å². The molecule has 0 aliphatic carbocycles. The van der Waals surface area contributed by atoms with E-state index >= 15 is 0 Å². The second-order valence-electron chi connectivity index (χ2n) is 5.94. The second kappa shape index (κ2) is 9.63. The molecule has 1 saturated heterocycles. The van der Waals surface area contributed by atoms with E-state index in [4.69, 9.17) is 40.2 Å². The van der Waals surface area contributed by atoms with Crippen LogP contribution in [-0.2, 0) is 9.59 Å². The van der Waals surface area contributed by atoms with Crippen LogP contribution in [0.25, 0.3) is 6.08 Å². The number of thioether (sulfide) groups is 1. The first kappa shape index (κ1) is 21.6. The third kappa shape index (κ3) is 5.51. The van der Waals surface area contributed by atoms with Crippen LogP contribution in [0.1, 0.15) is 12.5 Å². The molecule has 0 spiro atoms. The van der Waals surface area contributed by atoms with Crippen LogP contribution in [0.2, 0.25) is 10.0 Å². The number of hydrogen-bond acceptors (Lipinski definition) is 5. The lowest BCUT2D eigenvalue weighted by atomic mass is 10.2. The van der Waals surface area contributed by atoms with Gasteiger partial charge in [0.2, 0.25) is 5.91 Å². The number of anilines is 1. The summed E-state index contributed by atoms with van der Waals surface area (Å²) < 4.78 is 5.73. The van der Waals surface area contributed by atoms with Crippen LogP contribution in [-0.4, -0.2) is 34.2 Å². The number of carbonyl (C=O) groups is 2. The summed E-state index contributed by atoms with van der Waals surface area (Å²) in [5, 5.41) is 3.44. The van der Waals surface area contributed by atoms with Crippen LogP contribution in [0.15, 0.2) is 47.4 Å². The topological polar surface area (TPSA) is 58.6 Å². The van der Waals surface area contributed by atoms with Crippen LogP contribution in [0.5, 0.6) is 5.75 Å². The monoisotopic (exact) mass is 466 g/mol. The highest BCUT2D eigenvalue weighted by Crippen LogP contribution is 2.33. The van der Waals surface area contributed by atoms with Gasteiger partial charge in [-0.2, -0.15) is 0 Å². The fraction of sp³-hybridized carbons (Fsp3) is 0.150. The molecule has 0 unspecified atom stereocenters. The molecule has 1 heterocycles. The highest BCUT2D eigenvalue weighted by atomic mass is 35.5. The molecule has 1 aliphatic rings. The number of benzene rings is 2. The van der Waals surface area contributed by atoms with E-state index in [9.17, 15) is 9.59 Å². The van der Waals surface area contributed by atoms with Crippen molar-refractivity contribution in [1.29, 1.82) is 0 Å². The highest BCUT2D eigenvalue weighted by molar-refractivity contribution is 8.26. The predicted molar refractivity (Wildman–Crippen MR) is 123 cm³/mol. The number of nitrogens with zero attached hydrogens (tertiary/aromatic N) is 1.